The molecular formula is C10H11BrN2O2. The van der Waals surface area contributed by atoms with Crippen molar-refractivity contribution in [2.24, 2.45) is 0 Å². The van der Waals surface area contributed by atoms with Crippen molar-refractivity contribution >= 4 is 21.9 Å². The first kappa shape index (κ1) is 10.5. The van der Waals surface area contributed by atoms with E-state index in [1.54, 1.807) is 6.20 Å². The predicted octanol–water partition coefficient (Wildman–Crippen LogP) is 2.13. The van der Waals surface area contributed by atoms with E-state index in [1.165, 1.54) is 6.42 Å². The second kappa shape index (κ2) is 4.26. The van der Waals surface area contributed by atoms with Crippen molar-refractivity contribution in [3.8, 4) is 0 Å². The van der Waals surface area contributed by atoms with Crippen molar-refractivity contribution < 1.29 is 9.90 Å². The van der Waals surface area contributed by atoms with Gasteiger partial charge in [0.2, 0.25) is 0 Å². The highest BCUT2D eigenvalue weighted by Gasteiger charge is 2.22. The molecule has 1 aliphatic carbocycles. The lowest BCUT2D eigenvalue weighted by Gasteiger charge is -2.23. The van der Waals surface area contributed by atoms with Gasteiger partial charge in [-0.15, -0.1) is 0 Å². The number of carbonyl (C=O) groups is 1. The van der Waals surface area contributed by atoms with Crippen LogP contribution in [0.1, 0.15) is 36.6 Å². The molecule has 0 radical (unpaired) electrons. The van der Waals surface area contributed by atoms with Crippen LogP contribution >= 0.6 is 15.9 Å². The van der Waals surface area contributed by atoms with Gasteiger partial charge in [-0.2, -0.15) is 0 Å². The number of hydrogen-bond acceptors (Lipinski definition) is 3. The van der Waals surface area contributed by atoms with Gasteiger partial charge in [0.1, 0.15) is 10.4 Å². The lowest BCUT2D eigenvalue weighted by Crippen LogP contribution is -2.13. The first-order valence-electron chi connectivity index (χ1n) is 4.90. The zero-order valence-corrected chi connectivity index (χ0v) is 9.70. The van der Waals surface area contributed by atoms with E-state index in [1.807, 2.05) is 0 Å². The van der Waals surface area contributed by atoms with Crippen LogP contribution < -0.4 is 0 Å². The first-order chi connectivity index (χ1) is 7.16. The van der Waals surface area contributed by atoms with Gasteiger partial charge in [0.25, 0.3) is 0 Å². The Morgan fingerprint density at radius 2 is 2.33 bits per heavy atom. The third-order valence-electron chi connectivity index (χ3n) is 2.64. The molecule has 1 saturated carbocycles. The fourth-order valence-corrected chi connectivity index (χ4v) is 1.97. The molecule has 0 bridgehead atoms. The Morgan fingerprint density at radius 1 is 1.60 bits per heavy atom. The van der Waals surface area contributed by atoms with Crippen molar-refractivity contribution in [3.05, 3.63) is 22.2 Å². The van der Waals surface area contributed by atoms with Crippen LogP contribution in [0.15, 0.2) is 10.8 Å². The Balaban J connectivity index is 2.18. The van der Waals surface area contributed by atoms with E-state index in [2.05, 4.69) is 25.9 Å². The van der Waals surface area contributed by atoms with Crippen LogP contribution in [0.2, 0.25) is 0 Å². The molecule has 0 aromatic carbocycles. The van der Waals surface area contributed by atoms with E-state index in [0.29, 0.717) is 16.1 Å². The molecule has 1 aromatic rings. The lowest BCUT2D eigenvalue weighted by molar-refractivity contribution is -0.136. The van der Waals surface area contributed by atoms with E-state index < -0.39 is 5.97 Å². The molecule has 80 valence electrons. The summed E-state index contributed by atoms with van der Waals surface area (Å²) in [5, 5.41) is 8.65. The molecule has 2 rings (SSSR count). The monoisotopic (exact) mass is 270 g/mol. The van der Waals surface area contributed by atoms with E-state index in [9.17, 15) is 4.79 Å². The molecular weight excluding hydrogens is 260 g/mol. The first-order valence-corrected chi connectivity index (χ1v) is 5.69. The minimum atomic E-state index is -0.865. The van der Waals surface area contributed by atoms with E-state index >= 15 is 0 Å². The third-order valence-corrected chi connectivity index (χ3v) is 3.33. The van der Waals surface area contributed by atoms with Crippen LogP contribution in [-0.2, 0) is 11.2 Å². The molecule has 0 unspecified atom stereocenters. The van der Waals surface area contributed by atoms with Crippen LogP contribution in [-0.4, -0.2) is 21.0 Å². The predicted molar refractivity (Wildman–Crippen MR) is 57.7 cm³/mol. The van der Waals surface area contributed by atoms with Crippen molar-refractivity contribution in [1.82, 2.24) is 9.97 Å². The fourth-order valence-electron chi connectivity index (χ4n) is 1.54. The summed E-state index contributed by atoms with van der Waals surface area (Å²) in [6.07, 6.45) is 5.10. The summed E-state index contributed by atoms with van der Waals surface area (Å²) in [6.45, 7) is 0. The Bertz CT molecular complexity index is 391. The normalized spacial score (nSPS) is 16.1. The average Bonchev–Trinajstić information content (AvgIpc) is 2.06. The maximum Gasteiger partial charge on any atom is 0.307 e. The van der Waals surface area contributed by atoms with E-state index in [4.69, 9.17) is 5.11 Å². The van der Waals surface area contributed by atoms with Gasteiger partial charge in [0.05, 0.1) is 6.42 Å². The largest absolute Gasteiger partial charge is 0.481 e. The lowest BCUT2D eigenvalue weighted by atomic mass is 9.85. The van der Waals surface area contributed by atoms with Gasteiger partial charge < -0.3 is 5.11 Å². The fraction of sp³-hybridized carbons (Fsp3) is 0.500. The summed E-state index contributed by atoms with van der Waals surface area (Å²) < 4.78 is 0.613. The summed E-state index contributed by atoms with van der Waals surface area (Å²) in [4.78, 5) is 19.0. The zero-order chi connectivity index (χ0) is 10.8. The van der Waals surface area contributed by atoms with Crippen molar-refractivity contribution in [2.75, 3.05) is 0 Å². The molecule has 0 amide bonds. The van der Waals surface area contributed by atoms with Gasteiger partial charge in [0.15, 0.2) is 0 Å². The molecule has 1 fully saturated rings. The molecule has 15 heavy (non-hydrogen) atoms. The van der Waals surface area contributed by atoms with Crippen molar-refractivity contribution in [1.29, 1.82) is 0 Å². The topological polar surface area (TPSA) is 63.1 Å². The molecule has 0 atom stereocenters. The molecule has 1 heterocycles. The zero-order valence-electron chi connectivity index (χ0n) is 8.11. The number of carboxylic acid groups (broad SMARTS) is 1. The molecule has 1 aliphatic rings. The third kappa shape index (κ3) is 2.34. The minimum absolute atomic E-state index is 0.0362. The molecule has 0 spiro atoms. The smallest absolute Gasteiger partial charge is 0.307 e. The Labute approximate surface area is 95.9 Å². The van der Waals surface area contributed by atoms with Gasteiger partial charge >= 0.3 is 5.97 Å². The number of hydrogen-bond donors (Lipinski definition) is 1. The summed E-state index contributed by atoms with van der Waals surface area (Å²) in [5.74, 6) is 0.443. The molecule has 1 N–H and O–H groups in total. The Morgan fingerprint density at radius 3 is 2.80 bits per heavy atom. The van der Waals surface area contributed by atoms with E-state index in [-0.39, 0.29) is 6.42 Å². The highest BCUT2D eigenvalue weighted by atomic mass is 79.9. The van der Waals surface area contributed by atoms with Gasteiger partial charge in [-0.1, -0.05) is 6.42 Å². The summed E-state index contributed by atoms with van der Waals surface area (Å²) in [7, 11) is 0. The maximum atomic E-state index is 10.5. The SMILES string of the molecule is O=C(O)Cc1cnc(C2CCC2)nc1Br. The summed E-state index contributed by atoms with van der Waals surface area (Å²) in [6, 6.07) is 0. The average molecular weight is 271 g/mol. The Kier molecular flexibility index (Phi) is 3.00. The molecule has 1 aromatic heterocycles. The van der Waals surface area contributed by atoms with Crippen LogP contribution in [0.3, 0.4) is 0 Å². The highest BCUT2D eigenvalue weighted by Crippen LogP contribution is 2.34. The number of halogens is 1. The molecule has 4 nitrogen and oxygen atoms in total. The Hall–Kier alpha value is -0.970. The summed E-state index contributed by atoms with van der Waals surface area (Å²) >= 11 is 3.28. The van der Waals surface area contributed by atoms with Gasteiger partial charge in [-0.05, 0) is 28.8 Å². The number of aromatic nitrogens is 2. The molecule has 5 heteroatoms. The second-order valence-corrected chi connectivity index (χ2v) is 4.49. The standard InChI is InChI=1S/C10H11BrN2O2/c11-9-7(4-8(14)15)5-12-10(13-9)6-2-1-3-6/h5-6H,1-4H2,(H,14,15). The number of carboxylic acids is 1. The minimum Gasteiger partial charge on any atom is -0.481 e. The highest BCUT2D eigenvalue weighted by molar-refractivity contribution is 9.10. The maximum absolute atomic E-state index is 10.5. The van der Waals surface area contributed by atoms with Crippen LogP contribution in [0.5, 0.6) is 0 Å². The van der Waals surface area contributed by atoms with Crippen LogP contribution in [0, 0.1) is 0 Å². The van der Waals surface area contributed by atoms with Crippen LogP contribution in [0.4, 0.5) is 0 Å². The number of nitrogens with zero attached hydrogens (tertiary/aromatic N) is 2. The van der Waals surface area contributed by atoms with Gasteiger partial charge in [-0.25, -0.2) is 9.97 Å². The van der Waals surface area contributed by atoms with Gasteiger partial charge in [-0.3, -0.25) is 4.79 Å². The van der Waals surface area contributed by atoms with Crippen molar-refractivity contribution in [3.63, 3.8) is 0 Å². The second-order valence-electron chi connectivity index (χ2n) is 3.74. The van der Waals surface area contributed by atoms with Crippen LogP contribution in [0.25, 0.3) is 0 Å². The number of rotatable bonds is 3. The molecule has 0 saturated heterocycles. The molecule has 0 aliphatic heterocycles. The quantitative estimate of drug-likeness (QED) is 0.855. The van der Waals surface area contributed by atoms with Gasteiger partial charge in [0, 0.05) is 17.7 Å². The van der Waals surface area contributed by atoms with Crippen molar-refractivity contribution in [2.45, 2.75) is 31.6 Å². The number of aliphatic carboxylic acids is 1. The van der Waals surface area contributed by atoms with E-state index in [0.717, 1.165) is 18.7 Å². The summed E-state index contributed by atoms with van der Waals surface area (Å²) in [5.41, 5.74) is 0.630.